The Morgan fingerprint density at radius 1 is 1.03 bits per heavy atom. The highest BCUT2D eigenvalue weighted by Gasteiger charge is 2.57. The van der Waals surface area contributed by atoms with Gasteiger partial charge in [-0.15, -0.1) is 0 Å². The Bertz CT molecular complexity index is 1280. The third-order valence-electron chi connectivity index (χ3n) is 9.62. The lowest BCUT2D eigenvalue weighted by atomic mass is 9.48. The van der Waals surface area contributed by atoms with Crippen molar-refractivity contribution in [1.82, 2.24) is 9.55 Å². The molecule has 2 saturated carbocycles. The van der Waals surface area contributed by atoms with Crippen LogP contribution in [-0.2, 0) is 14.3 Å². The van der Waals surface area contributed by atoms with Gasteiger partial charge in [-0.2, -0.15) is 8.42 Å². The summed E-state index contributed by atoms with van der Waals surface area (Å²) in [7, 11) is -3.41. The molecule has 0 aliphatic heterocycles. The van der Waals surface area contributed by atoms with E-state index in [1.807, 2.05) is 6.33 Å². The largest absolute Gasteiger partial charge is 0.302 e. The maximum absolute atomic E-state index is 11.7. The fourth-order valence-corrected chi connectivity index (χ4v) is 8.68. The number of para-hydroxylation sites is 2. The van der Waals surface area contributed by atoms with Crippen LogP contribution in [0.1, 0.15) is 58.8 Å². The molecule has 1 aromatic carbocycles. The maximum atomic E-state index is 11.7. The smallest absolute Gasteiger partial charge is 0.264 e. The zero-order valence-electron chi connectivity index (χ0n) is 19.8. The van der Waals surface area contributed by atoms with E-state index in [-0.39, 0.29) is 16.9 Å². The fourth-order valence-electron chi connectivity index (χ4n) is 8.03. The van der Waals surface area contributed by atoms with Crippen molar-refractivity contribution in [2.24, 2.45) is 28.6 Å². The number of hydrogen-bond donors (Lipinski definition) is 0. The van der Waals surface area contributed by atoms with E-state index in [4.69, 9.17) is 4.18 Å². The van der Waals surface area contributed by atoms with Gasteiger partial charge in [0.15, 0.2) is 0 Å². The topological polar surface area (TPSA) is 61.2 Å². The highest BCUT2D eigenvalue weighted by molar-refractivity contribution is 7.86. The number of rotatable bonds is 3. The van der Waals surface area contributed by atoms with Gasteiger partial charge in [0.05, 0.1) is 23.4 Å². The van der Waals surface area contributed by atoms with E-state index in [2.05, 4.69) is 59.8 Å². The van der Waals surface area contributed by atoms with Crippen LogP contribution in [0.3, 0.4) is 0 Å². The highest BCUT2D eigenvalue weighted by atomic mass is 32.2. The first-order chi connectivity index (χ1) is 15.7. The van der Waals surface area contributed by atoms with Gasteiger partial charge >= 0.3 is 0 Å². The van der Waals surface area contributed by atoms with Gasteiger partial charge < -0.3 is 4.57 Å². The van der Waals surface area contributed by atoms with E-state index in [0.29, 0.717) is 17.8 Å². The molecule has 6 atom stereocenters. The van der Waals surface area contributed by atoms with Crippen LogP contribution >= 0.6 is 0 Å². The lowest BCUT2D eigenvalue weighted by molar-refractivity contribution is -0.0216. The zero-order chi connectivity index (χ0) is 23.0. The Kier molecular flexibility index (Phi) is 4.77. The summed E-state index contributed by atoms with van der Waals surface area (Å²) in [6.07, 6.45) is 15.2. The standard InChI is InChI=1S/C27H34N2O3S/c1-26-14-12-19(32-33(3,30)31)16-18(26)8-9-20-21-10-11-25(27(21,2)15-13-22(20)26)29-17-28-23-6-4-5-7-24(23)29/h4-8,11,17,19-22H,9-10,12-16H2,1-3H3/t19?,20-,21-,22-,26-,27-/m0/s1. The Balaban J connectivity index is 1.29. The number of hydrogen-bond acceptors (Lipinski definition) is 4. The molecule has 2 aromatic rings. The van der Waals surface area contributed by atoms with Gasteiger partial charge in [0.25, 0.3) is 10.1 Å². The molecule has 0 amide bonds. The van der Waals surface area contributed by atoms with Crippen LogP contribution in [0.15, 0.2) is 48.3 Å². The van der Waals surface area contributed by atoms with E-state index in [1.54, 1.807) is 0 Å². The van der Waals surface area contributed by atoms with Crippen molar-refractivity contribution in [2.45, 2.75) is 64.9 Å². The quantitative estimate of drug-likeness (QED) is 0.424. The highest BCUT2D eigenvalue weighted by Crippen LogP contribution is 2.65. The Morgan fingerprint density at radius 2 is 1.82 bits per heavy atom. The van der Waals surface area contributed by atoms with Crippen LogP contribution in [0.2, 0.25) is 0 Å². The summed E-state index contributed by atoms with van der Waals surface area (Å²) in [6.45, 7) is 4.93. The van der Waals surface area contributed by atoms with E-state index in [0.717, 1.165) is 37.6 Å². The van der Waals surface area contributed by atoms with Gasteiger partial charge in [0.2, 0.25) is 0 Å². The molecule has 1 aromatic heterocycles. The van der Waals surface area contributed by atoms with Crippen LogP contribution in [0.5, 0.6) is 0 Å². The Hall–Kier alpha value is -1.92. The fraction of sp³-hybridized carbons (Fsp3) is 0.593. The first-order valence-corrected chi connectivity index (χ1v) is 14.2. The van der Waals surface area contributed by atoms with Crippen molar-refractivity contribution in [3.63, 3.8) is 0 Å². The average molecular weight is 467 g/mol. The molecule has 4 aliphatic carbocycles. The van der Waals surface area contributed by atoms with E-state index in [9.17, 15) is 8.42 Å². The van der Waals surface area contributed by atoms with Crippen molar-refractivity contribution in [1.29, 1.82) is 0 Å². The first-order valence-electron chi connectivity index (χ1n) is 12.4. The van der Waals surface area contributed by atoms with Crippen molar-refractivity contribution in [3.8, 4) is 0 Å². The van der Waals surface area contributed by atoms with Crippen molar-refractivity contribution in [3.05, 3.63) is 48.3 Å². The molecule has 0 saturated heterocycles. The van der Waals surface area contributed by atoms with E-state index < -0.39 is 10.1 Å². The minimum absolute atomic E-state index is 0.170. The second-order valence-electron chi connectivity index (χ2n) is 11.3. The van der Waals surface area contributed by atoms with Gasteiger partial charge in [-0.1, -0.05) is 43.7 Å². The van der Waals surface area contributed by atoms with Crippen LogP contribution < -0.4 is 0 Å². The third kappa shape index (κ3) is 3.28. The van der Waals surface area contributed by atoms with Crippen molar-refractivity contribution in [2.75, 3.05) is 6.26 Å². The number of allylic oxidation sites excluding steroid dienone is 3. The van der Waals surface area contributed by atoms with Gasteiger partial charge in [-0.05, 0) is 80.2 Å². The van der Waals surface area contributed by atoms with Crippen LogP contribution in [0.25, 0.3) is 16.7 Å². The average Bonchev–Trinajstić information content (AvgIpc) is 3.33. The zero-order valence-corrected chi connectivity index (χ0v) is 20.6. The SMILES string of the molecule is C[C@]12CCC(OS(C)(=O)=O)CC1=CC[C@@H]1[C@@H]2CC[C@]2(C)C(n3cnc4ccccc43)=CC[C@@H]12. The number of fused-ring (bicyclic) bond motifs is 6. The monoisotopic (exact) mass is 466 g/mol. The molecule has 2 fully saturated rings. The second kappa shape index (κ2) is 7.29. The number of aromatic nitrogens is 2. The lowest BCUT2D eigenvalue weighted by Gasteiger charge is -2.57. The number of benzene rings is 1. The summed E-state index contributed by atoms with van der Waals surface area (Å²) in [5.41, 5.74) is 5.48. The molecule has 0 radical (unpaired) electrons. The molecule has 1 heterocycles. The molecule has 4 aliphatic rings. The summed E-state index contributed by atoms with van der Waals surface area (Å²) in [5.74, 6) is 1.99. The summed E-state index contributed by atoms with van der Waals surface area (Å²) in [6, 6.07) is 8.43. The molecule has 1 unspecified atom stereocenters. The molecule has 0 bridgehead atoms. The first kappa shape index (κ1) is 21.6. The number of imidazole rings is 1. The van der Waals surface area contributed by atoms with Crippen LogP contribution in [0.4, 0.5) is 0 Å². The molecule has 6 rings (SSSR count). The normalized spacial score (nSPS) is 38.3. The van der Waals surface area contributed by atoms with E-state index in [1.165, 1.54) is 35.9 Å². The third-order valence-corrected chi connectivity index (χ3v) is 10.2. The van der Waals surface area contributed by atoms with Crippen molar-refractivity contribution >= 4 is 26.8 Å². The van der Waals surface area contributed by atoms with Crippen LogP contribution in [0, 0.1) is 28.6 Å². The van der Waals surface area contributed by atoms with E-state index >= 15 is 0 Å². The summed E-state index contributed by atoms with van der Waals surface area (Å²) in [5, 5.41) is 0. The molecule has 176 valence electrons. The predicted molar refractivity (Wildman–Crippen MR) is 131 cm³/mol. The molecule has 0 N–H and O–H groups in total. The Labute approximate surface area is 197 Å². The lowest BCUT2D eigenvalue weighted by Crippen LogP contribution is -2.50. The maximum Gasteiger partial charge on any atom is 0.264 e. The number of nitrogens with zero attached hydrogens (tertiary/aromatic N) is 2. The van der Waals surface area contributed by atoms with Gasteiger partial charge in [-0.25, -0.2) is 4.98 Å². The Morgan fingerprint density at radius 3 is 2.64 bits per heavy atom. The molecular weight excluding hydrogens is 432 g/mol. The second-order valence-corrected chi connectivity index (χ2v) is 12.9. The summed E-state index contributed by atoms with van der Waals surface area (Å²) < 4.78 is 31.1. The summed E-state index contributed by atoms with van der Waals surface area (Å²) in [4.78, 5) is 4.67. The molecule has 0 spiro atoms. The van der Waals surface area contributed by atoms with Crippen molar-refractivity contribution < 1.29 is 12.6 Å². The molecule has 5 nitrogen and oxygen atoms in total. The van der Waals surface area contributed by atoms with Gasteiger partial charge in [-0.3, -0.25) is 4.18 Å². The minimum Gasteiger partial charge on any atom is -0.302 e. The molecular formula is C27H34N2O3S. The van der Waals surface area contributed by atoms with Gasteiger partial charge in [0.1, 0.15) is 6.33 Å². The van der Waals surface area contributed by atoms with Crippen LogP contribution in [-0.4, -0.2) is 30.3 Å². The molecule has 6 heteroatoms. The predicted octanol–water partition coefficient (Wildman–Crippen LogP) is 5.79. The van der Waals surface area contributed by atoms with Gasteiger partial charge in [0, 0.05) is 11.1 Å². The molecule has 33 heavy (non-hydrogen) atoms. The summed E-state index contributed by atoms with van der Waals surface area (Å²) >= 11 is 0. The minimum atomic E-state index is -3.41.